The lowest BCUT2D eigenvalue weighted by atomic mass is 9.87. The Balaban J connectivity index is 1.74. The van der Waals surface area contributed by atoms with Gasteiger partial charge in [-0.2, -0.15) is 0 Å². The average Bonchev–Trinajstić information content (AvgIpc) is 2.93. The molecule has 1 fully saturated rings. The first-order chi connectivity index (χ1) is 8.78. The van der Waals surface area contributed by atoms with Crippen LogP contribution in [0.4, 0.5) is 0 Å². The summed E-state index contributed by atoms with van der Waals surface area (Å²) in [6, 6.07) is 0. The lowest BCUT2D eigenvalue weighted by Crippen LogP contribution is -2.57. The molecule has 0 aromatic heterocycles. The molecule has 0 aromatic carbocycles. The van der Waals surface area contributed by atoms with Crippen LogP contribution in [0.3, 0.4) is 0 Å². The van der Waals surface area contributed by atoms with Crippen LogP contribution in [-0.2, 0) is 0 Å². The van der Waals surface area contributed by atoms with Gasteiger partial charge in [0.05, 0.1) is 0 Å². The van der Waals surface area contributed by atoms with Crippen molar-refractivity contribution in [3.8, 4) is 0 Å². The van der Waals surface area contributed by atoms with Crippen molar-refractivity contribution in [1.82, 2.24) is 10.2 Å². The van der Waals surface area contributed by atoms with Gasteiger partial charge in [0, 0.05) is 12.1 Å². The van der Waals surface area contributed by atoms with Gasteiger partial charge in [0.1, 0.15) is 0 Å². The lowest BCUT2D eigenvalue weighted by Gasteiger charge is -2.41. The minimum atomic E-state index is 0.213. The van der Waals surface area contributed by atoms with Gasteiger partial charge >= 0.3 is 0 Å². The van der Waals surface area contributed by atoms with E-state index < -0.39 is 0 Å². The predicted octanol–water partition coefficient (Wildman–Crippen LogP) is 1.89. The molecule has 1 aliphatic heterocycles. The SMILES string of the molecule is CCN1CCC(CN)(NCCC2=CCCC2)CC1. The van der Waals surface area contributed by atoms with Crippen molar-refractivity contribution in [3.63, 3.8) is 0 Å². The summed E-state index contributed by atoms with van der Waals surface area (Å²) in [5.74, 6) is 0. The summed E-state index contributed by atoms with van der Waals surface area (Å²) in [4.78, 5) is 2.52. The monoisotopic (exact) mass is 251 g/mol. The number of likely N-dealkylation sites (tertiary alicyclic amines) is 1. The third-order valence-corrected chi connectivity index (χ3v) is 4.73. The first-order valence-corrected chi connectivity index (χ1v) is 7.63. The minimum Gasteiger partial charge on any atom is -0.329 e. The number of hydrogen-bond donors (Lipinski definition) is 2. The number of rotatable bonds is 6. The van der Waals surface area contributed by atoms with Crippen molar-refractivity contribution in [2.24, 2.45) is 5.73 Å². The highest BCUT2D eigenvalue weighted by Gasteiger charge is 2.32. The molecule has 104 valence electrons. The number of piperidine rings is 1. The highest BCUT2D eigenvalue weighted by atomic mass is 15.2. The van der Waals surface area contributed by atoms with Crippen molar-refractivity contribution in [3.05, 3.63) is 11.6 Å². The fourth-order valence-corrected chi connectivity index (χ4v) is 3.20. The maximum atomic E-state index is 6.02. The Morgan fingerprint density at radius 3 is 2.72 bits per heavy atom. The number of hydrogen-bond acceptors (Lipinski definition) is 3. The summed E-state index contributed by atoms with van der Waals surface area (Å²) in [6.45, 7) is 7.70. The number of nitrogens with one attached hydrogen (secondary N) is 1. The van der Waals surface area contributed by atoms with Crippen LogP contribution in [0.1, 0.15) is 45.4 Å². The molecule has 1 saturated heterocycles. The van der Waals surface area contributed by atoms with E-state index in [1.165, 1.54) is 58.2 Å². The van der Waals surface area contributed by atoms with Crippen LogP contribution in [0, 0.1) is 0 Å². The van der Waals surface area contributed by atoms with Gasteiger partial charge in [-0.3, -0.25) is 0 Å². The Hall–Kier alpha value is -0.380. The molecule has 0 spiro atoms. The van der Waals surface area contributed by atoms with Crippen molar-refractivity contribution < 1.29 is 0 Å². The summed E-state index contributed by atoms with van der Waals surface area (Å²) >= 11 is 0. The molecule has 0 aromatic rings. The number of nitrogens with zero attached hydrogens (tertiary/aromatic N) is 1. The summed E-state index contributed by atoms with van der Waals surface area (Å²) in [5, 5.41) is 3.76. The second kappa shape index (κ2) is 6.69. The number of nitrogens with two attached hydrogens (primary N) is 1. The standard InChI is InChI=1S/C15H29N3/c1-2-18-11-8-15(13-16,9-12-18)17-10-7-14-5-3-4-6-14/h5,17H,2-4,6-13,16H2,1H3. The first kappa shape index (κ1) is 14.0. The molecule has 2 aliphatic rings. The molecule has 0 saturated carbocycles. The first-order valence-electron chi connectivity index (χ1n) is 7.63. The van der Waals surface area contributed by atoms with E-state index in [2.05, 4.69) is 23.2 Å². The highest BCUT2D eigenvalue weighted by Crippen LogP contribution is 2.23. The van der Waals surface area contributed by atoms with E-state index in [-0.39, 0.29) is 5.54 Å². The molecule has 0 atom stereocenters. The van der Waals surface area contributed by atoms with Gasteiger partial charge in [-0.1, -0.05) is 18.6 Å². The molecule has 0 radical (unpaired) electrons. The minimum absolute atomic E-state index is 0.213. The molecule has 0 bridgehead atoms. The second-order valence-electron chi connectivity index (χ2n) is 5.85. The number of allylic oxidation sites excluding steroid dienone is 1. The van der Waals surface area contributed by atoms with E-state index in [1.54, 1.807) is 5.57 Å². The predicted molar refractivity (Wildman–Crippen MR) is 77.7 cm³/mol. The molecule has 2 rings (SSSR count). The van der Waals surface area contributed by atoms with E-state index in [9.17, 15) is 0 Å². The van der Waals surface area contributed by atoms with Gasteiger partial charge in [-0.15, -0.1) is 0 Å². The molecule has 0 unspecified atom stereocenters. The second-order valence-corrected chi connectivity index (χ2v) is 5.85. The summed E-state index contributed by atoms with van der Waals surface area (Å²) in [5.41, 5.74) is 7.89. The maximum Gasteiger partial charge on any atom is 0.0328 e. The topological polar surface area (TPSA) is 41.3 Å². The fourth-order valence-electron chi connectivity index (χ4n) is 3.20. The Labute approximate surface area is 112 Å². The van der Waals surface area contributed by atoms with Crippen molar-refractivity contribution in [2.45, 2.75) is 51.0 Å². The zero-order valence-electron chi connectivity index (χ0n) is 11.9. The van der Waals surface area contributed by atoms with Crippen LogP contribution in [-0.4, -0.2) is 43.2 Å². The van der Waals surface area contributed by atoms with E-state index >= 15 is 0 Å². The fraction of sp³-hybridized carbons (Fsp3) is 0.867. The lowest BCUT2D eigenvalue weighted by molar-refractivity contribution is 0.145. The summed E-state index contributed by atoms with van der Waals surface area (Å²) < 4.78 is 0. The zero-order chi connectivity index (χ0) is 12.8. The third kappa shape index (κ3) is 3.56. The molecule has 3 N–H and O–H groups in total. The Kier molecular flexibility index (Phi) is 5.22. The zero-order valence-corrected chi connectivity index (χ0v) is 11.9. The van der Waals surface area contributed by atoms with Crippen LogP contribution < -0.4 is 11.1 Å². The van der Waals surface area contributed by atoms with Crippen LogP contribution >= 0.6 is 0 Å². The van der Waals surface area contributed by atoms with Crippen molar-refractivity contribution >= 4 is 0 Å². The maximum absolute atomic E-state index is 6.02. The average molecular weight is 251 g/mol. The third-order valence-electron chi connectivity index (χ3n) is 4.73. The van der Waals surface area contributed by atoms with Crippen molar-refractivity contribution in [1.29, 1.82) is 0 Å². The van der Waals surface area contributed by atoms with E-state index in [4.69, 9.17) is 5.73 Å². The Morgan fingerprint density at radius 1 is 1.39 bits per heavy atom. The molecule has 1 aliphatic carbocycles. The summed E-state index contributed by atoms with van der Waals surface area (Å²) in [6.07, 6.45) is 10.0. The van der Waals surface area contributed by atoms with Crippen LogP contribution in [0.5, 0.6) is 0 Å². The molecule has 1 heterocycles. The molecule has 18 heavy (non-hydrogen) atoms. The van der Waals surface area contributed by atoms with Crippen molar-refractivity contribution in [2.75, 3.05) is 32.7 Å². The molecule has 0 amide bonds. The highest BCUT2D eigenvalue weighted by molar-refractivity contribution is 5.08. The van der Waals surface area contributed by atoms with Crippen LogP contribution in [0.2, 0.25) is 0 Å². The molecular formula is C15H29N3. The van der Waals surface area contributed by atoms with Crippen LogP contribution in [0.25, 0.3) is 0 Å². The molecule has 3 heteroatoms. The van der Waals surface area contributed by atoms with Gasteiger partial charge in [0.15, 0.2) is 0 Å². The van der Waals surface area contributed by atoms with Gasteiger partial charge in [0.2, 0.25) is 0 Å². The Bertz CT molecular complexity index is 277. The van der Waals surface area contributed by atoms with Crippen LogP contribution in [0.15, 0.2) is 11.6 Å². The quantitative estimate of drug-likeness (QED) is 0.708. The Morgan fingerprint density at radius 2 is 2.17 bits per heavy atom. The van der Waals surface area contributed by atoms with Gasteiger partial charge < -0.3 is 16.0 Å². The smallest absolute Gasteiger partial charge is 0.0328 e. The molecule has 3 nitrogen and oxygen atoms in total. The van der Waals surface area contributed by atoms with Gasteiger partial charge in [0.25, 0.3) is 0 Å². The van der Waals surface area contributed by atoms with E-state index in [1.807, 2.05) is 0 Å². The molecular weight excluding hydrogens is 222 g/mol. The van der Waals surface area contributed by atoms with Gasteiger partial charge in [-0.05, 0) is 64.7 Å². The van der Waals surface area contributed by atoms with Gasteiger partial charge in [-0.25, -0.2) is 0 Å². The summed E-state index contributed by atoms with van der Waals surface area (Å²) in [7, 11) is 0. The normalized spacial score (nSPS) is 24.2. The largest absolute Gasteiger partial charge is 0.329 e. The van der Waals surface area contributed by atoms with E-state index in [0.29, 0.717) is 0 Å². The van der Waals surface area contributed by atoms with E-state index in [0.717, 1.165) is 13.1 Å².